The second-order valence-corrected chi connectivity index (χ2v) is 4.01. The molecule has 2 atom stereocenters. The van der Waals surface area contributed by atoms with Crippen LogP contribution >= 0.6 is 0 Å². The van der Waals surface area contributed by atoms with Crippen LogP contribution in [0.2, 0.25) is 0 Å². The van der Waals surface area contributed by atoms with Crippen molar-refractivity contribution in [3.8, 4) is 0 Å². The Balaban J connectivity index is 2.02. The van der Waals surface area contributed by atoms with E-state index in [0.29, 0.717) is 0 Å². The molecule has 0 aromatic heterocycles. The van der Waals surface area contributed by atoms with E-state index >= 15 is 0 Å². The van der Waals surface area contributed by atoms with Crippen LogP contribution in [0, 0.1) is 12.1 Å². The molecule has 0 aliphatic carbocycles. The van der Waals surface area contributed by atoms with Crippen molar-refractivity contribution in [2.24, 2.45) is 0 Å². The largest absolute Gasteiger partial charge is 0.356 e. The van der Waals surface area contributed by atoms with Crippen molar-refractivity contribution < 1.29 is 4.74 Å². The Morgan fingerprint density at radius 3 is 1.87 bits per heavy atom. The minimum atomic E-state index is 0.132. The molecule has 1 heteroatoms. The lowest BCUT2D eigenvalue weighted by Gasteiger charge is -2.13. The second-order valence-electron chi connectivity index (χ2n) is 4.01. The van der Waals surface area contributed by atoms with Gasteiger partial charge < -0.3 is 4.74 Å². The van der Waals surface area contributed by atoms with Gasteiger partial charge in [-0.2, -0.15) is 0 Å². The number of hydrogen-bond donors (Lipinski definition) is 0. The van der Waals surface area contributed by atoms with Crippen LogP contribution in [0.3, 0.4) is 0 Å². The monoisotopic (exact) mass is 192 g/mol. The van der Waals surface area contributed by atoms with E-state index in [2.05, 4.69) is 36.4 Å². The fourth-order valence-corrected chi connectivity index (χ4v) is 2.61. The molecule has 2 heterocycles. The fourth-order valence-electron chi connectivity index (χ4n) is 2.61. The van der Waals surface area contributed by atoms with E-state index < -0.39 is 0 Å². The maximum absolute atomic E-state index is 5.97. The molecule has 0 radical (unpaired) electrons. The van der Waals surface area contributed by atoms with Gasteiger partial charge in [-0.1, -0.05) is 36.4 Å². The smallest absolute Gasteiger partial charge is 0.110 e. The van der Waals surface area contributed by atoms with Crippen LogP contribution in [-0.4, -0.2) is 0 Å². The van der Waals surface area contributed by atoms with E-state index in [-0.39, 0.29) is 12.2 Å². The van der Waals surface area contributed by atoms with Crippen molar-refractivity contribution in [2.75, 3.05) is 0 Å². The van der Waals surface area contributed by atoms with Crippen LogP contribution in [0.1, 0.15) is 34.5 Å². The first-order valence-corrected chi connectivity index (χ1v) is 5.11. The van der Waals surface area contributed by atoms with Crippen LogP contribution in [0.25, 0.3) is 0 Å². The molecule has 0 saturated heterocycles. The highest BCUT2D eigenvalue weighted by Crippen LogP contribution is 2.53. The predicted octanol–water partition coefficient (Wildman–Crippen LogP) is 2.81. The molecule has 0 fully saturated rings. The van der Waals surface area contributed by atoms with Gasteiger partial charge in [0, 0.05) is 11.1 Å². The van der Waals surface area contributed by atoms with Gasteiger partial charge in [-0.3, -0.25) is 0 Å². The quantitative estimate of drug-likeness (QED) is 0.623. The van der Waals surface area contributed by atoms with Crippen molar-refractivity contribution in [3.63, 3.8) is 0 Å². The molecule has 4 rings (SSSR count). The first kappa shape index (κ1) is 7.50. The lowest BCUT2D eigenvalue weighted by atomic mass is 9.87. The summed E-state index contributed by atoms with van der Waals surface area (Å²) in [5, 5.41) is 0. The summed E-state index contributed by atoms with van der Waals surface area (Å²) >= 11 is 0. The standard InChI is InChI=1S/C14H8O/c1-2-6-10-9(5-1)13-11-7-3-4-8-12(11)14(10)15-13/h1-2,5-8,13-14H. The zero-order valence-corrected chi connectivity index (χ0v) is 8.03. The molecule has 0 saturated carbocycles. The molecule has 70 valence electrons. The molecule has 15 heavy (non-hydrogen) atoms. The average molecular weight is 192 g/mol. The molecular formula is C14H8O. The van der Waals surface area contributed by atoms with Crippen molar-refractivity contribution >= 4 is 0 Å². The molecule has 0 N–H and O–H groups in total. The Morgan fingerprint density at radius 1 is 0.800 bits per heavy atom. The van der Waals surface area contributed by atoms with Gasteiger partial charge in [0.15, 0.2) is 0 Å². The fraction of sp³-hybridized carbons (Fsp3) is 0.143. The Hall–Kier alpha value is -1.78. The third-order valence-corrected chi connectivity index (χ3v) is 3.27. The summed E-state index contributed by atoms with van der Waals surface area (Å²) in [6, 6.07) is 18.4. The Bertz CT molecular complexity index is 449. The van der Waals surface area contributed by atoms with Gasteiger partial charge in [0.2, 0.25) is 0 Å². The molecular weight excluding hydrogens is 184 g/mol. The molecule has 2 aliphatic rings. The summed E-state index contributed by atoms with van der Waals surface area (Å²) in [4.78, 5) is 0. The number of ether oxygens (including phenoxy) is 1. The Morgan fingerprint density at radius 2 is 1.33 bits per heavy atom. The summed E-state index contributed by atoms with van der Waals surface area (Å²) < 4.78 is 5.97. The van der Waals surface area contributed by atoms with Gasteiger partial charge in [-0.15, -0.1) is 0 Å². The minimum Gasteiger partial charge on any atom is -0.356 e. The summed E-state index contributed by atoms with van der Waals surface area (Å²) in [7, 11) is 0. The van der Waals surface area contributed by atoms with Crippen LogP contribution in [0.5, 0.6) is 0 Å². The highest BCUT2D eigenvalue weighted by Gasteiger charge is 2.41. The molecule has 1 nitrogen and oxygen atoms in total. The second kappa shape index (κ2) is 2.42. The SMILES string of the molecule is c1cc2c(cc#1)C1OC2c2ccccc21. The zero-order chi connectivity index (χ0) is 9.83. The molecule has 2 unspecified atom stereocenters. The van der Waals surface area contributed by atoms with Crippen molar-refractivity contribution in [1.29, 1.82) is 0 Å². The Labute approximate surface area is 88.3 Å². The first-order chi connectivity index (χ1) is 7.45. The number of rotatable bonds is 0. The zero-order valence-electron chi connectivity index (χ0n) is 8.03. The van der Waals surface area contributed by atoms with E-state index in [1.165, 1.54) is 22.3 Å². The molecule has 2 bridgehead atoms. The van der Waals surface area contributed by atoms with E-state index in [1.807, 2.05) is 12.1 Å². The van der Waals surface area contributed by atoms with Gasteiger partial charge in [0.05, 0.1) is 0 Å². The maximum atomic E-state index is 5.97. The van der Waals surface area contributed by atoms with Gasteiger partial charge in [0.25, 0.3) is 0 Å². The molecule has 0 spiro atoms. The Kier molecular flexibility index (Phi) is 1.21. The molecule has 2 aromatic carbocycles. The van der Waals surface area contributed by atoms with E-state index in [1.54, 1.807) is 0 Å². The number of hydrogen-bond acceptors (Lipinski definition) is 1. The third kappa shape index (κ3) is 0.789. The lowest BCUT2D eigenvalue weighted by Crippen LogP contribution is -2.01. The minimum absolute atomic E-state index is 0.132. The average Bonchev–Trinajstić information content (AvgIpc) is 2.86. The van der Waals surface area contributed by atoms with E-state index in [9.17, 15) is 0 Å². The van der Waals surface area contributed by atoms with Gasteiger partial charge in [-0.05, 0) is 23.3 Å². The lowest BCUT2D eigenvalue weighted by molar-refractivity contribution is 0.0857. The molecule has 0 amide bonds. The first-order valence-electron chi connectivity index (χ1n) is 5.11. The van der Waals surface area contributed by atoms with Crippen molar-refractivity contribution in [3.05, 3.63) is 70.8 Å². The van der Waals surface area contributed by atoms with Crippen LogP contribution < -0.4 is 0 Å². The summed E-state index contributed by atoms with van der Waals surface area (Å²) in [5.41, 5.74) is 5.15. The van der Waals surface area contributed by atoms with Crippen molar-refractivity contribution in [2.45, 2.75) is 12.2 Å². The molecule has 2 aromatic rings. The van der Waals surface area contributed by atoms with Crippen LogP contribution in [0.4, 0.5) is 0 Å². The van der Waals surface area contributed by atoms with Gasteiger partial charge in [-0.25, -0.2) is 0 Å². The summed E-state index contributed by atoms with van der Waals surface area (Å²) in [6.07, 6.45) is 0.263. The van der Waals surface area contributed by atoms with Gasteiger partial charge >= 0.3 is 0 Å². The van der Waals surface area contributed by atoms with Crippen LogP contribution in [-0.2, 0) is 4.74 Å². The normalized spacial score (nSPS) is 24.5. The van der Waals surface area contributed by atoms with E-state index in [4.69, 9.17) is 4.74 Å². The van der Waals surface area contributed by atoms with Gasteiger partial charge in [0.1, 0.15) is 12.2 Å². The highest BCUT2D eigenvalue weighted by molar-refractivity contribution is 5.53. The number of benzene rings is 1. The van der Waals surface area contributed by atoms with E-state index in [0.717, 1.165) is 0 Å². The maximum Gasteiger partial charge on any atom is 0.110 e. The number of fused-ring (bicyclic) bond motifs is 8. The summed E-state index contributed by atoms with van der Waals surface area (Å²) in [5.74, 6) is 0. The summed E-state index contributed by atoms with van der Waals surface area (Å²) in [6.45, 7) is 0. The highest BCUT2D eigenvalue weighted by atomic mass is 16.5. The van der Waals surface area contributed by atoms with Crippen LogP contribution in [0.15, 0.2) is 36.4 Å². The molecule has 2 aliphatic heterocycles. The predicted molar refractivity (Wildman–Crippen MR) is 55.3 cm³/mol. The topological polar surface area (TPSA) is 9.23 Å². The van der Waals surface area contributed by atoms with Crippen molar-refractivity contribution in [1.82, 2.24) is 0 Å². The third-order valence-electron chi connectivity index (χ3n) is 3.27.